The van der Waals surface area contributed by atoms with Crippen molar-refractivity contribution in [1.82, 2.24) is 10.2 Å². The average molecular weight is 337 g/mol. The van der Waals surface area contributed by atoms with Gasteiger partial charge in [-0.25, -0.2) is 0 Å². The Hall–Kier alpha value is -0.850. The highest BCUT2D eigenvalue weighted by molar-refractivity contribution is 7.99. The first-order valence-electron chi connectivity index (χ1n) is 6.62. The molecule has 0 aliphatic carbocycles. The molecule has 0 saturated carbocycles. The maximum Gasteiger partial charge on any atom is 0.288 e. The highest BCUT2D eigenvalue weighted by Gasteiger charge is 2.28. The van der Waals surface area contributed by atoms with Gasteiger partial charge in [-0.05, 0) is 44.2 Å². The Balaban J connectivity index is 0.00000220. The minimum atomic E-state index is -2.44. The third-order valence-electron chi connectivity index (χ3n) is 3.40. The van der Waals surface area contributed by atoms with E-state index in [4.69, 9.17) is 0 Å². The molecule has 0 radical (unpaired) electrons. The average Bonchev–Trinajstić information content (AvgIpc) is 2.87. The lowest BCUT2D eigenvalue weighted by Gasteiger charge is -2.24. The topological polar surface area (TPSA) is 32.3 Å². The molecule has 1 unspecified atom stereocenters. The lowest BCUT2D eigenvalue weighted by Crippen LogP contribution is -2.40. The molecule has 21 heavy (non-hydrogen) atoms. The Morgan fingerprint density at radius 2 is 2.10 bits per heavy atom. The van der Waals surface area contributed by atoms with Crippen molar-refractivity contribution in [3.05, 3.63) is 29.8 Å². The van der Waals surface area contributed by atoms with Crippen molar-refractivity contribution in [2.75, 3.05) is 20.1 Å². The van der Waals surface area contributed by atoms with E-state index >= 15 is 0 Å². The monoisotopic (exact) mass is 336 g/mol. The van der Waals surface area contributed by atoms with E-state index in [0.29, 0.717) is 22.2 Å². The zero-order chi connectivity index (χ0) is 14.5. The molecule has 1 atom stereocenters. The van der Waals surface area contributed by atoms with E-state index in [1.54, 1.807) is 24.3 Å². The molecule has 2 rings (SSSR count). The van der Waals surface area contributed by atoms with Crippen LogP contribution in [0.1, 0.15) is 23.2 Å². The zero-order valence-corrected chi connectivity index (χ0v) is 13.4. The number of benzene rings is 1. The summed E-state index contributed by atoms with van der Waals surface area (Å²) >= 11 is 0.492. The number of alkyl halides is 2. The van der Waals surface area contributed by atoms with Gasteiger partial charge in [0.2, 0.25) is 0 Å². The number of nitrogens with one attached hydrogen (secondary N) is 1. The number of halogens is 3. The lowest BCUT2D eigenvalue weighted by atomic mass is 10.1. The Labute approximate surface area is 133 Å². The molecule has 1 fully saturated rings. The predicted octanol–water partition coefficient (Wildman–Crippen LogP) is 3.25. The first-order chi connectivity index (χ1) is 9.61. The third kappa shape index (κ3) is 4.83. The highest BCUT2D eigenvalue weighted by Crippen LogP contribution is 2.26. The van der Waals surface area contributed by atoms with Crippen molar-refractivity contribution < 1.29 is 13.6 Å². The van der Waals surface area contributed by atoms with Crippen molar-refractivity contribution >= 4 is 30.1 Å². The van der Waals surface area contributed by atoms with E-state index in [1.165, 1.54) is 0 Å². The molecule has 1 aliphatic heterocycles. The Morgan fingerprint density at radius 1 is 1.43 bits per heavy atom. The summed E-state index contributed by atoms with van der Waals surface area (Å²) in [6, 6.07) is 6.63. The van der Waals surface area contributed by atoms with Crippen LogP contribution in [0, 0.1) is 0 Å². The summed E-state index contributed by atoms with van der Waals surface area (Å²) in [6.45, 7) is 1.55. The van der Waals surface area contributed by atoms with Gasteiger partial charge in [0.15, 0.2) is 0 Å². The SMILES string of the molecule is CNCC1CCCN1C(=O)c1ccc(SC(F)F)cc1.Cl. The van der Waals surface area contributed by atoms with E-state index in [-0.39, 0.29) is 24.4 Å². The second-order valence-electron chi connectivity index (χ2n) is 4.76. The third-order valence-corrected chi connectivity index (χ3v) is 4.13. The zero-order valence-electron chi connectivity index (χ0n) is 11.7. The van der Waals surface area contributed by atoms with Crippen LogP contribution in [0.3, 0.4) is 0 Å². The molecular weight excluding hydrogens is 318 g/mol. The smallest absolute Gasteiger partial charge is 0.288 e. The van der Waals surface area contributed by atoms with E-state index in [2.05, 4.69) is 5.32 Å². The van der Waals surface area contributed by atoms with Gasteiger partial charge >= 0.3 is 0 Å². The minimum Gasteiger partial charge on any atom is -0.334 e. The fraction of sp³-hybridized carbons (Fsp3) is 0.500. The van der Waals surface area contributed by atoms with Crippen LogP contribution in [-0.2, 0) is 0 Å². The van der Waals surface area contributed by atoms with Crippen molar-refractivity contribution in [1.29, 1.82) is 0 Å². The van der Waals surface area contributed by atoms with Crippen molar-refractivity contribution in [3.63, 3.8) is 0 Å². The van der Waals surface area contributed by atoms with Crippen LogP contribution in [0.4, 0.5) is 8.78 Å². The Bertz CT molecular complexity index is 459. The van der Waals surface area contributed by atoms with Gasteiger partial charge in [0.1, 0.15) is 0 Å². The fourth-order valence-corrected chi connectivity index (χ4v) is 2.99. The van der Waals surface area contributed by atoms with Crippen molar-refractivity contribution in [3.8, 4) is 0 Å². The van der Waals surface area contributed by atoms with Gasteiger partial charge in [0.05, 0.1) is 0 Å². The van der Waals surface area contributed by atoms with E-state index < -0.39 is 5.76 Å². The van der Waals surface area contributed by atoms with Crippen molar-refractivity contribution in [2.24, 2.45) is 0 Å². The van der Waals surface area contributed by atoms with Crippen LogP contribution in [0.5, 0.6) is 0 Å². The molecule has 118 valence electrons. The van der Waals surface area contributed by atoms with Crippen LogP contribution in [0.15, 0.2) is 29.2 Å². The van der Waals surface area contributed by atoms with Crippen LogP contribution in [0.25, 0.3) is 0 Å². The lowest BCUT2D eigenvalue weighted by molar-refractivity contribution is 0.0737. The second-order valence-corrected chi connectivity index (χ2v) is 5.82. The number of nitrogens with zero attached hydrogens (tertiary/aromatic N) is 1. The second kappa shape index (κ2) is 8.56. The summed E-state index contributed by atoms with van der Waals surface area (Å²) in [6.07, 6.45) is 2.02. The molecule has 1 N–H and O–H groups in total. The number of likely N-dealkylation sites (N-methyl/N-ethyl adjacent to an activating group) is 1. The molecule has 1 saturated heterocycles. The number of thioether (sulfide) groups is 1. The molecule has 7 heteroatoms. The van der Waals surface area contributed by atoms with Crippen LogP contribution >= 0.6 is 24.2 Å². The molecule has 1 aliphatic rings. The van der Waals surface area contributed by atoms with Gasteiger partial charge in [-0.15, -0.1) is 12.4 Å². The van der Waals surface area contributed by atoms with E-state index in [1.807, 2.05) is 11.9 Å². The minimum absolute atomic E-state index is 0. The predicted molar refractivity (Wildman–Crippen MR) is 83.5 cm³/mol. The summed E-state index contributed by atoms with van der Waals surface area (Å²) in [7, 11) is 1.87. The van der Waals surface area contributed by atoms with Gasteiger partial charge in [-0.3, -0.25) is 4.79 Å². The molecule has 1 aromatic rings. The van der Waals surface area contributed by atoms with Gasteiger partial charge in [0.25, 0.3) is 11.7 Å². The standard InChI is InChI=1S/C14H18F2N2OS.ClH/c1-17-9-11-3-2-8-18(11)13(19)10-4-6-12(7-5-10)20-14(15)16;/h4-7,11,14,17H,2-3,8-9H2,1H3;1H. The normalized spacial score (nSPS) is 17.9. The number of amides is 1. The van der Waals surface area contributed by atoms with Crippen LogP contribution in [0.2, 0.25) is 0 Å². The number of carbonyl (C=O) groups excluding carboxylic acids is 1. The molecule has 0 bridgehead atoms. The fourth-order valence-electron chi connectivity index (χ4n) is 2.50. The number of hydrogen-bond acceptors (Lipinski definition) is 3. The largest absolute Gasteiger partial charge is 0.334 e. The quantitative estimate of drug-likeness (QED) is 0.838. The molecule has 1 amide bonds. The van der Waals surface area contributed by atoms with Crippen LogP contribution < -0.4 is 5.32 Å². The van der Waals surface area contributed by atoms with Gasteiger partial charge < -0.3 is 10.2 Å². The van der Waals surface area contributed by atoms with E-state index in [9.17, 15) is 13.6 Å². The number of carbonyl (C=O) groups is 1. The molecular formula is C14H19ClF2N2OS. The summed E-state index contributed by atoms with van der Waals surface area (Å²) in [5, 5.41) is 3.10. The van der Waals surface area contributed by atoms with Gasteiger partial charge in [-0.2, -0.15) is 8.78 Å². The molecule has 0 spiro atoms. The van der Waals surface area contributed by atoms with Gasteiger partial charge in [0, 0.05) is 29.6 Å². The number of hydrogen-bond donors (Lipinski definition) is 1. The van der Waals surface area contributed by atoms with Gasteiger partial charge in [-0.1, -0.05) is 11.8 Å². The molecule has 0 aromatic heterocycles. The van der Waals surface area contributed by atoms with Crippen molar-refractivity contribution in [2.45, 2.75) is 29.5 Å². The Morgan fingerprint density at radius 3 is 2.67 bits per heavy atom. The summed E-state index contributed by atoms with van der Waals surface area (Å²) < 4.78 is 24.5. The first kappa shape index (κ1) is 18.2. The summed E-state index contributed by atoms with van der Waals surface area (Å²) in [4.78, 5) is 14.8. The summed E-state index contributed by atoms with van der Waals surface area (Å²) in [5.41, 5.74) is 0.562. The molecule has 3 nitrogen and oxygen atoms in total. The number of rotatable bonds is 5. The van der Waals surface area contributed by atoms with E-state index in [0.717, 1.165) is 25.9 Å². The first-order valence-corrected chi connectivity index (χ1v) is 7.50. The maximum atomic E-state index is 12.4. The molecule has 1 heterocycles. The Kier molecular flexibility index (Phi) is 7.42. The van der Waals surface area contributed by atoms with Crippen LogP contribution in [-0.4, -0.2) is 42.7 Å². The summed E-state index contributed by atoms with van der Waals surface area (Å²) in [5.74, 6) is -2.45. The highest BCUT2D eigenvalue weighted by atomic mass is 35.5. The number of likely N-dealkylation sites (tertiary alicyclic amines) is 1. The molecule has 1 aromatic carbocycles. The maximum absolute atomic E-state index is 12.4.